The van der Waals surface area contributed by atoms with Crippen molar-refractivity contribution in [2.45, 2.75) is 31.4 Å². The summed E-state index contributed by atoms with van der Waals surface area (Å²) in [7, 11) is -4.03. The summed E-state index contributed by atoms with van der Waals surface area (Å²) in [5.74, 6) is -10.1. The predicted octanol–water partition coefficient (Wildman–Crippen LogP) is 4.01. The normalized spacial score (nSPS) is 21.6. The average molecular weight is 548 g/mol. The summed E-state index contributed by atoms with van der Waals surface area (Å²) in [5.41, 5.74) is -2.27. The van der Waals surface area contributed by atoms with Crippen LogP contribution >= 0.6 is 0 Å². The minimum atomic E-state index is -4.03. The second-order valence-corrected chi connectivity index (χ2v) is 10.7. The number of nitrogens with zero attached hydrogens (tertiary/aromatic N) is 3. The molecule has 1 aromatic heterocycles. The lowest BCUT2D eigenvalue weighted by atomic mass is 9.98. The highest BCUT2D eigenvalue weighted by atomic mass is 32.2. The zero-order valence-electron chi connectivity index (χ0n) is 18.9. The number of anilines is 1. The first-order valence-electron chi connectivity index (χ1n) is 11.0. The predicted molar refractivity (Wildman–Crippen MR) is 118 cm³/mol. The Morgan fingerprint density at radius 2 is 1.81 bits per heavy atom. The van der Waals surface area contributed by atoms with Gasteiger partial charge in [-0.2, -0.15) is 0 Å². The summed E-state index contributed by atoms with van der Waals surface area (Å²) < 4.78 is 119. The highest BCUT2D eigenvalue weighted by Gasteiger charge is 2.61. The first-order chi connectivity index (χ1) is 17.4. The number of carbonyl (C=O) groups is 1. The van der Waals surface area contributed by atoms with Gasteiger partial charge in [0.15, 0.2) is 23.0 Å². The molecule has 15 heteroatoms. The zero-order valence-corrected chi connectivity index (χ0v) is 19.8. The Hall–Kier alpha value is -3.33. The standard InChI is InChI=1S/C22H18F6N4O4S/c1-2-37(34,35)30-14-9-32-15(22(14,27)28)6-7-31(21(32)33)20-17-13(36-29-20)8-12(25)19(26)18(17)16-10(23)4-3-5-11(16)24/h3-5,8,14-15,30H,2,6-7,9H2,1H3/t14-,15-/m1/s1. The third kappa shape index (κ3) is 3.91. The van der Waals surface area contributed by atoms with Gasteiger partial charge < -0.3 is 9.42 Å². The van der Waals surface area contributed by atoms with Gasteiger partial charge in [-0.15, -0.1) is 0 Å². The Balaban J connectivity index is 1.60. The molecule has 2 fully saturated rings. The van der Waals surface area contributed by atoms with Crippen LogP contribution in [0, 0.1) is 23.3 Å². The molecule has 198 valence electrons. The molecule has 37 heavy (non-hydrogen) atoms. The molecule has 0 bridgehead atoms. The molecular weight excluding hydrogens is 530 g/mol. The Bertz CT molecular complexity index is 1510. The van der Waals surface area contributed by atoms with Crippen molar-refractivity contribution < 1.29 is 44.1 Å². The molecule has 2 aliphatic heterocycles. The minimum Gasteiger partial charge on any atom is -0.354 e. The summed E-state index contributed by atoms with van der Waals surface area (Å²) >= 11 is 0. The van der Waals surface area contributed by atoms with Crippen LogP contribution in [0.3, 0.4) is 0 Å². The van der Waals surface area contributed by atoms with Gasteiger partial charge in [0.1, 0.15) is 23.7 Å². The van der Waals surface area contributed by atoms with E-state index in [0.29, 0.717) is 6.07 Å². The molecule has 2 atom stereocenters. The van der Waals surface area contributed by atoms with Crippen LogP contribution in [0.4, 0.5) is 37.0 Å². The quantitative estimate of drug-likeness (QED) is 0.487. The van der Waals surface area contributed by atoms with Crippen LogP contribution in [0.15, 0.2) is 28.8 Å². The molecule has 0 saturated carbocycles. The summed E-state index contributed by atoms with van der Waals surface area (Å²) in [5, 5.41) is 3.22. The van der Waals surface area contributed by atoms with E-state index in [1.165, 1.54) is 6.92 Å². The molecule has 2 aliphatic rings. The van der Waals surface area contributed by atoms with Crippen LogP contribution in [0.5, 0.6) is 0 Å². The fraction of sp³-hybridized carbons (Fsp3) is 0.364. The molecule has 8 nitrogen and oxygen atoms in total. The monoisotopic (exact) mass is 548 g/mol. The highest BCUT2D eigenvalue weighted by molar-refractivity contribution is 7.89. The lowest BCUT2D eigenvalue weighted by Gasteiger charge is -2.37. The molecule has 0 unspecified atom stereocenters. The molecule has 3 aromatic rings. The molecule has 2 saturated heterocycles. The molecule has 1 N–H and O–H groups in total. The number of carbonyl (C=O) groups excluding carboxylic acids is 1. The van der Waals surface area contributed by atoms with Crippen molar-refractivity contribution in [1.82, 2.24) is 14.8 Å². The lowest BCUT2D eigenvalue weighted by molar-refractivity contribution is -0.0448. The minimum absolute atomic E-state index is 0.357. The smallest absolute Gasteiger partial charge is 0.326 e. The van der Waals surface area contributed by atoms with E-state index >= 15 is 13.2 Å². The molecule has 2 amide bonds. The number of alkyl halides is 2. The number of aromatic nitrogens is 1. The van der Waals surface area contributed by atoms with Gasteiger partial charge in [-0.05, 0) is 25.5 Å². The number of urea groups is 1. The van der Waals surface area contributed by atoms with Crippen molar-refractivity contribution in [3.05, 3.63) is 47.5 Å². The number of nitrogens with one attached hydrogen (secondary N) is 1. The number of sulfonamides is 1. The number of amides is 2. The van der Waals surface area contributed by atoms with E-state index in [1.54, 1.807) is 0 Å². The Kier molecular flexibility index (Phi) is 5.90. The van der Waals surface area contributed by atoms with Crippen LogP contribution < -0.4 is 9.62 Å². The Labute approximate surface area is 205 Å². The molecule has 0 aliphatic carbocycles. The van der Waals surface area contributed by atoms with E-state index in [-0.39, 0.29) is 6.42 Å². The van der Waals surface area contributed by atoms with Gasteiger partial charge in [-0.1, -0.05) is 11.2 Å². The van der Waals surface area contributed by atoms with Gasteiger partial charge >= 0.3 is 6.03 Å². The van der Waals surface area contributed by atoms with E-state index in [1.807, 2.05) is 4.72 Å². The topological polar surface area (TPSA) is 95.8 Å². The van der Waals surface area contributed by atoms with E-state index in [9.17, 15) is 26.4 Å². The molecular formula is C22H18F6N4O4S. The van der Waals surface area contributed by atoms with Gasteiger partial charge in [-0.3, -0.25) is 4.90 Å². The van der Waals surface area contributed by atoms with Crippen LogP contribution in [0.25, 0.3) is 22.1 Å². The third-order valence-corrected chi connectivity index (χ3v) is 7.98. The zero-order chi connectivity index (χ0) is 26.9. The van der Waals surface area contributed by atoms with Gasteiger partial charge in [-0.25, -0.2) is 44.3 Å². The molecule has 2 aromatic carbocycles. The van der Waals surface area contributed by atoms with Crippen molar-refractivity contribution in [2.24, 2.45) is 0 Å². The van der Waals surface area contributed by atoms with Gasteiger partial charge in [0.2, 0.25) is 10.0 Å². The van der Waals surface area contributed by atoms with E-state index in [4.69, 9.17) is 4.52 Å². The van der Waals surface area contributed by atoms with Crippen molar-refractivity contribution in [3.8, 4) is 11.1 Å². The first-order valence-corrected chi connectivity index (χ1v) is 12.7. The van der Waals surface area contributed by atoms with Crippen LogP contribution in [-0.4, -0.2) is 61.4 Å². The fourth-order valence-electron chi connectivity index (χ4n) is 4.75. The van der Waals surface area contributed by atoms with Crippen LogP contribution in [0.2, 0.25) is 0 Å². The highest BCUT2D eigenvalue weighted by Crippen LogP contribution is 2.44. The van der Waals surface area contributed by atoms with Crippen molar-refractivity contribution in [3.63, 3.8) is 0 Å². The van der Waals surface area contributed by atoms with Crippen molar-refractivity contribution in [2.75, 3.05) is 23.7 Å². The van der Waals surface area contributed by atoms with E-state index in [2.05, 4.69) is 5.16 Å². The van der Waals surface area contributed by atoms with Crippen molar-refractivity contribution >= 4 is 32.8 Å². The number of rotatable bonds is 5. The summed E-state index contributed by atoms with van der Waals surface area (Å²) in [4.78, 5) is 14.9. The molecule has 0 radical (unpaired) electrons. The average Bonchev–Trinajstić information content (AvgIpc) is 3.34. The first kappa shape index (κ1) is 25.3. The van der Waals surface area contributed by atoms with Gasteiger partial charge in [0.05, 0.1) is 16.7 Å². The maximum absolute atomic E-state index is 15.0. The second kappa shape index (κ2) is 8.62. The van der Waals surface area contributed by atoms with Crippen LogP contribution in [0.1, 0.15) is 13.3 Å². The second-order valence-electron chi connectivity index (χ2n) is 8.66. The summed E-state index contributed by atoms with van der Waals surface area (Å²) in [6, 6.07) is -1.35. The molecule has 5 rings (SSSR count). The van der Waals surface area contributed by atoms with Gasteiger partial charge in [0, 0.05) is 24.7 Å². The van der Waals surface area contributed by atoms with Gasteiger partial charge in [0.25, 0.3) is 5.92 Å². The maximum atomic E-state index is 15.0. The Morgan fingerprint density at radius 1 is 1.14 bits per heavy atom. The van der Waals surface area contributed by atoms with Crippen molar-refractivity contribution in [1.29, 1.82) is 0 Å². The fourth-order valence-corrected chi connectivity index (χ4v) is 5.58. The maximum Gasteiger partial charge on any atom is 0.326 e. The summed E-state index contributed by atoms with van der Waals surface area (Å²) in [6.45, 7) is 0.186. The summed E-state index contributed by atoms with van der Waals surface area (Å²) in [6.07, 6.45) is -0.357. The van der Waals surface area contributed by atoms with Crippen LogP contribution in [-0.2, 0) is 10.0 Å². The SMILES string of the molecule is CCS(=O)(=O)N[C@@H]1CN2C(=O)N(c3noc4cc(F)c(F)c(-c5c(F)cccc5F)c34)CC[C@@H]2C1(F)F. The van der Waals surface area contributed by atoms with E-state index in [0.717, 1.165) is 28.0 Å². The third-order valence-electron chi connectivity index (χ3n) is 6.57. The Morgan fingerprint density at radius 3 is 2.46 bits per heavy atom. The van der Waals surface area contributed by atoms with E-state index < -0.39 is 104 Å². The number of benzene rings is 2. The lowest BCUT2D eigenvalue weighted by Crippen LogP contribution is -2.56. The number of hydrogen-bond acceptors (Lipinski definition) is 5. The molecule has 3 heterocycles. The number of halogens is 6. The number of fused-ring (bicyclic) bond motifs is 2. The molecule has 0 spiro atoms. The number of hydrogen-bond donors (Lipinski definition) is 1. The largest absolute Gasteiger partial charge is 0.354 e.